The summed E-state index contributed by atoms with van der Waals surface area (Å²) in [6.07, 6.45) is 0. The smallest absolute Gasteiger partial charge is 0.391 e. The lowest BCUT2D eigenvalue weighted by Gasteiger charge is -2.29. The Hall–Kier alpha value is -3.28. The number of nitrogens with two attached hydrogens (primary N) is 1. The summed E-state index contributed by atoms with van der Waals surface area (Å²) in [6.45, 7) is 4.96. The minimum Gasteiger partial charge on any atom is -0.391 e. The minimum absolute atomic E-state index is 0.0461. The number of amides is 2. The number of carbonyl (C=O) groups is 2. The third-order valence-corrected chi connectivity index (χ3v) is 6.17. The fourth-order valence-electron chi connectivity index (χ4n) is 3.54. The van der Waals surface area contributed by atoms with Crippen molar-refractivity contribution >= 4 is 46.4 Å². The average molecular weight is 495 g/mol. The van der Waals surface area contributed by atoms with E-state index in [2.05, 4.69) is 36.0 Å². The number of halogens is 2. The molecule has 2 amide bonds. The van der Waals surface area contributed by atoms with Crippen LogP contribution in [0.15, 0.2) is 27.4 Å². The van der Waals surface area contributed by atoms with Crippen molar-refractivity contribution in [2.45, 2.75) is 13.5 Å². The quantitative estimate of drug-likeness (QED) is 0.342. The molecule has 3 heterocycles. The van der Waals surface area contributed by atoms with E-state index in [1.807, 2.05) is 0 Å². The number of nitrogens with one attached hydrogen (secondary N) is 4. The maximum absolute atomic E-state index is 12.9. The van der Waals surface area contributed by atoms with E-state index in [0.29, 0.717) is 27.7 Å². The minimum atomic E-state index is -0.692. The van der Waals surface area contributed by atoms with Crippen LogP contribution < -0.4 is 26.6 Å². The highest BCUT2D eigenvalue weighted by Crippen LogP contribution is 2.32. The zero-order valence-electron chi connectivity index (χ0n) is 17.6. The lowest BCUT2D eigenvalue weighted by Crippen LogP contribution is -2.89. The van der Waals surface area contributed by atoms with Crippen molar-refractivity contribution in [2.24, 2.45) is 0 Å². The summed E-state index contributed by atoms with van der Waals surface area (Å²) in [5.74, 6) is -1.44. The lowest BCUT2D eigenvalue weighted by molar-refractivity contribution is -0.655. The van der Waals surface area contributed by atoms with Crippen LogP contribution in [-0.4, -0.2) is 53.2 Å². The van der Waals surface area contributed by atoms with E-state index in [1.165, 1.54) is 0 Å². The Kier molecular flexibility index (Phi) is 6.72. The van der Waals surface area contributed by atoms with E-state index in [9.17, 15) is 14.4 Å². The number of H-pyrrole nitrogens is 2. The third-order valence-electron chi connectivity index (χ3n) is 5.22. The van der Waals surface area contributed by atoms with Crippen molar-refractivity contribution in [1.82, 2.24) is 20.5 Å². The van der Waals surface area contributed by atoms with Crippen LogP contribution in [-0.2, 0) is 6.54 Å². The molecule has 174 valence electrons. The van der Waals surface area contributed by atoms with E-state index in [4.69, 9.17) is 27.6 Å². The summed E-state index contributed by atoms with van der Waals surface area (Å²) in [5, 5.41) is 14.0. The van der Waals surface area contributed by atoms with Crippen LogP contribution in [0.2, 0.25) is 10.0 Å². The Morgan fingerprint density at radius 3 is 2.61 bits per heavy atom. The second kappa shape index (κ2) is 9.69. The van der Waals surface area contributed by atoms with Crippen LogP contribution in [0, 0.1) is 6.92 Å². The highest BCUT2D eigenvalue weighted by molar-refractivity contribution is 6.44. The van der Waals surface area contributed by atoms with Gasteiger partial charge in [0.1, 0.15) is 5.69 Å². The number of nitrogens with zero attached hydrogens (tertiary/aromatic N) is 2. The van der Waals surface area contributed by atoms with Crippen molar-refractivity contribution in [3.8, 4) is 0 Å². The standard InChI is InChI=1S/C20H21Cl2N7O4/c1-10-15(21)16(22)17(25-10)19(31)26-12-3-2-11(8-13(12)29-6-4-23-5-7-29)18(30)24-9-14-27-28-20(32)33-14/h2-3,8,23,25H,4-7,9H2,1H3,(H,24,30)(H,26,31)(H,28,32)/p+1. The van der Waals surface area contributed by atoms with Gasteiger partial charge in [0.05, 0.1) is 54.1 Å². The molecule has 0 spiro atoms. The summed E-state index contributed by atoms with van der Waals surface area (Å²) >= 11 is 12.3. The molecule has 4 rings (SSSR count). The number of hydrogen-bond acceptors (Lipinski definition) is 6. The largest absolute Gasteiger partial charge is 0.434 e. The molecule has 0 bridgehead atoms. The van der Waals surface area contributed by atoms with Crippen LogP contribution in [0.25, 0.3) is 0 Å². The lowest BCUT2D eigenvalue weighted by atomic mass is 10.1. The van der Waals surface area contributed by atoms with Gasteiger partial charge in [0.25, 0.3) is 11.8 Å². The second-order valence-corrected chi connectivity index (χ2v) is 8.24. The maximum Gasteiger partial charge on any atom is 0.434 e. The van der Waals surface area contributed by atoms with Gasteiger partial charge in [0.2, 0.25) is 5.89 Å². The number of rotatable bonds is 6. The van der Waals surface area contributed by atoms with Gasteiger partial charge < -0.3 is 30.3 Å². The molecule has 1 aliphatic heterocycles. The van der Waals surface area contributed by atoms with E-state index >= 15 is 0 Å². The highest BCUT2D eigenvalue weighted by atomic mass is 35.5. The van der Waals surface area contributed by atoms with Gasteiger partial charge >= 0.3 is 5.76 Å². The molecule has 2 aromatic heterocycles. The number of benzene rings is 1. The number of quaternary nitrogens is 1. The summed E-state index contributed by atoms with van der Waals surface area (Å²) in [7, 11) is 0. The molecule has 0 aliphatic carbocycles. The molecular weight excluding hydrogens is 473 g/mol. The molecule has 11 nitrogen and oxygen atoms in total. The average Bonchev–Trinajstić information content (AvgIpc) is 3.36. The van der Waals surface area contributed by atoms with Gasteiger partial charge in [-0.15, -0.1) is 5.10 Å². The molecule has 0 radical (unpaired) electrons. The first-order chi connectivity index (χ1) is 15.8. The molecule has 1 aromatic carbocycles. The van der Waals surface area contributed by atoms with E-state index in [0.717, 1.165) is 26.2 Å². The summed E-state index contributed by atoms with van der Waals surface area (Å²) in [4.78, 5) is 41.6. The van der Waals surface area contributed by atoms with E-state index in [1.54, 1.807) is 25.1 Å². The Labute approximate surface area is 197 Å². The molecule has 0 unspecified atom stereocenters. The highest BCUT2D eigenvalue weighted by Gasteiger charge is 2.23. The molecule has 6 N–H and O–H groups in total. The number of anilines is 2. The van der Waals surface area contributed by atoms with Gasteiger partial charge in [-0.3, -0.25) is 9.59 Å². The molecule has 0 saturated carbocycles. The zero-order chi connectivity index (χ0) is 23.5. The van der Waals surface area contributed by atoms with Crippen molar-refractivity contribution in [1.29, 1.82) is 0 Å². The molecular formula is C20H22Cl2N7O4+. The van der Waals surface area contributed by atoms with E-state index in [-0.39, 0.29) is 29.1 Å². The second-order valence-electron chi connectivity index (χ2n) is 7.48. The van der Waals surface area contributed by atoms with Gasteiger partial charge in [-0.25, -0.2) is 9.89 Å². The first kappa shape index (κ1) is 22.9. The van der Waals surface area contributed by atoms with Gasteiger partial charge in [-0.1, -0.05) is 23.2 Å². The number of aromatic nitrogens is 3. The molecule has 13 heteroatoms. The van der Waals surface area contributed by atoms with Crippen molar-refractivity contribution in [3.05, 3.63) is 61.6 Å². The van der Waals surface area contributed by atoms with E-state index < -0.39 is 11.7 Å². The van der Waals surface area contributed by atoms with Crippen molar-refractivity contribution in [3.63, 3.8) is 0 Å². The Morgan fingerprint density at radius 1 is 1.21 bits per heavy atom. The maximum atomic E-state index is 12.9. The molecule has 1 fully saturated rings. The molecule has 1 saturated heterocycles. The number of carbonyl (C=O) groups excluding carboxylic acids is 2. The Morgan fingerprint density at radius 2 is 1.97 bits per heavy atom. The van der Waals surface area contributed by atoms with Gasteiger partial charge in [0, 0.05) is 11.3 Å². The van der Waals surface area contributed by atoms with Gasteiger partial charge in [-0.2, -0.15) is 0 Å². The van der Waals surface area contributed by atoms with Gasteiger partial charge in [-0.05, 0) is 25.1 Å². The number of aromatic amines is 2. The summed E-state index contributed by atoms with van der Waals surface area (Å²) in [6, 6.07) is 4.98. The van der Waals surface area contributed by atoms with Crippen LogP contribution in [0.3, 0.4) is 0 Å². The SMILES string of the molecule is Cc1[nH]c(C(=O)Nc2ccc(C(=O)NCc3n[nH]c(=O)o3)cc2N2CC[NH2+]CC2)c(Cl)c1Cl. The zero-order valence-corrected chi connectivity index (χ0v) is 19.1. The predicted molar refractivity (Wildman–Crippen MR) is 122 cm³/mol. The van der Waals surface area contributed by atoms with Crippen LogP contribution >= 0.6 is 23.2 Å². The molecule has 3 aromatic rings. The normalized spacial score (nSPS) is 13.7. The monoisotopic (exact) mass is 494 g/mol. The first-order valence-corrected chi connectivity index (χ1v) is 11.0. The number of piperazine rings is 1. The number of aryl methyl sites for hydroxylation is 1. The van der Waals surface area contributed by atoms with Crippen LogP contribution in [0.5, 0.6) is 0 Å². The molecule has 33 heavy (non-hydrogen) atoms. The Balaban J connectivity index is 1.58. The fourth-order valence-corrected chi connectivity index (χ4v) is 3.96. The summed E-state index contributed by atoms with van der Waals surface area (Å²) in [5.41, 5.74) is 2.39. The third kappa shape index (κ3) is 5.05. The predicted octanol–water partition coefficient (Wildman–Crippen LogP) is 0.872. The fraction of sp³-hybridized carbons (Fsp3) is 0.300. The van der Waals surface area contributed by atoms with Crippen LogP contribution in [0.1, 0.15) is 32.4 Å². The first-order valence-electron chi connectivity index (χ1n) is 10.2. The molecule has 1 aliphatic rings. The topological polar surface area (TPSA) is 153 Å². The molecule has 0 atom stereocenters. The van der Waals surface area contributed by atoms with Crippen LogP contribution in [0.4, 0.5) is 11.4 Å². The Bertz CT molecular complexity index is 1240. The van der Waals surface area contributed by atoms with Crippen molar-refractivity contribution in [2.75, 3.05) is 36.4 Å². The number of hydrogen-bond donors (Lipinski definition) is 5. The van der Waals surface area contributed by atoms with Gasteiger partial charge in [0.15, 0.2) is 0 Å². The summed E-state index contributed by atoms with van der Waals surface area (Å²) < 4.78 is 4.79. The van der Waals surface area contributed by atoms with Crippen molar-refractivity contribution < 1.29 is 19.3 Å².